The number of halogens is 1. The van der Waals surface area contributed by atoms with Crippen LogP contribution in [0.4, 0.5) is 0 Å². The molecule has 1 rings (SSSR count). The van der Waals surface area contributed by atoms with Gasteiger partial charge in [-0.3, -0.25) is 4.98 Å². The minimum absolute atomic E-state index is 0.648. The van der Waals surface area contributed by atoms with Crippen molar-refractivity contribution in [3.63, 3.8) is 0 Å². The average molecular weight is 255 g/mol. The Hall–Kier alpha value is -0.600. The smallest absolute Gasteiger partial charge is 0.0621 e. The van der Waals surface area contributed by atoms with Gasteiger partial charge in [-0.1, -0.05) is 32.4 Å². The van der Waals surface area contributed by atoms with Gasteiger partial charge in [0.05, 0.1) is 5.02 Å². The van der Waals surface area contributed by atoms with Gasteiger partial charge in [-0.15, -0.1) is 0 Å². The number of pyridine rings is 1. The van der Waals surface area contributed by atoms with Gasteiger partial charge in [0.2, 0.25) is 0 Å². The molecule has 0 aliphatic carbocycles. The van der Waals surface area contributed by atoms with Crippen molar-refractivity contribution in [2.75, 3.05) is 13.1 Å². The highest BCUT2D eigenvalue weighted by atomic mass is 35.5. The molecule has 0 saturated carbocycles. The van der Waals surface area contributed by atoms with Crippen molar-refractivity contribution in [3.8, 4) is 0 Å². The average Bonchev–Trinajstić information content (AvgIpc) is 2.28. The van der Waals surface area contributed by atoms with Crippen LogP contribution in [0.5, 0.6) is 0 Å². The van der Waals surface area contributed by atoms with Gasteiger partial charge in [-0.25, -0.2) is 0 Å². The van der Waals surface area contributed by atoms with Crippen molar-refractivity contribution in [1.29, 1.82) is 0 Å². The lowest BCUT2D eigenvalue weighted by atomic mass is 9.91. The van der Waals surface area contributed by atoms with E-state index in [1.54, 1.807) is 6.20 Å². The van der Waals surface area contributed by atoms with Gasteiger partial charge in [-0.05, 0) is 49.4 Å². The largest absolute Gasteiger partial charge is 0.317 e. The van der Waals surface area contributed by atoms with Crippen LogP contribution < -0.4 is 5.32 Å². The van der Waals surface area contributed by atoms with E-state index < -0.39 is 0 Å². The number of rotatable bonds is 7. The Morgan fingerprint density at radius 2 is 2.18 bits per heavy atom. The first-order valence-corrected chi connectivity index (χ1v) is 6.80. The van der Waals surface area contributed by atoms with Crippen molar-refractivity contribution < 1.29 is 0 Å². The van der Waals surface area contributed by atoms with Gasteiger partial charge in [0.25, 0.3) is 0 Å². The second-order valence-electron chi connectivity index (χ2n) is 4.97. The molecule has 1 aromatic heterocycles. The van der Waals surface area contributed by atoms with Gasteiger partial charge in [0, 0.05) is 12.4 Å². The van der Waals surface area contributed by atoms with E-state index in [9.17, 15) is 0 Å². The van der Waals surface area contributed by atoms with E-state index in [1.165, 1.54) is 12.0 Å². The third-order valence-corrected chi connectivity index (χ3v) is 3.19. The van der Waals surface area contributed by atoms with Gasteiger partial charge < -0.3 is 5.32 Å². The number of nitrogens with zero attached hydrogens (tertiary/aromatic N) is 1. The lowest BCUT2D eigenvalue weighted by molar-refractivity contribution is 0.388. The van der Waals surface area contributed by atoms with Gasteiger partial charge in [-0.2, -0.15) is 0 Å². The van der Waals surface area contributed by atoms with Crippen LogP contribution in [0.25, 0.3) is 0 Å². The van der Waals surface area contributed by atoms with Crippen LogP contribution in [-0.2, 0) is 6.42 Å². The van der Waals surface area contributed by atoms with Crippen LogP contribution in [0.1, 0.15) is 32.8 Å². The lowest BCUT2D eigenvalue weighted by Crippen LogP contribution is -2.25. The van der Waals surface area contributed by atoms with E-state index in [1.807, 2.05) is 12.3 Å². The van der Waals surface area contributed by atoms with Crippen LogP contribution in [0.2, 0.25) is 5.02 Å². The molecular formula is C14H23ClN2. The minimum Gasteiger partial charge on any atom is -0.317 e. The van der Waals surface area contributed by atoms with Crippen molar-refractivity contribution in [1.82, 2.24) is 10.3 Å². The molecule has 2 nitrogen and oxygen atoms in total. The molecule has 0 aliphatic heterocycles. The van der Waals surface area contributed by atoms with E-state index in [-0.39, 0.29) is 0 Å². The minimum atomic E-state index is 0.648. The molecule has 0 spiro atoms. The number of aromatic nitrogens is 1. The quantitative estimate of drug-likeness (QED) is 0.805. The number of nitrogens with one attached hydrogen (secondary N) is 1. The molecule has 96 valence electrons. The highest BCUT2D eigenvalue weighted by Crippen LogP contribution is 2.21. The van der Waals surface area contributed by atoms with E-state index >= 15 is 0 Å². The Morgan fingerprint density at radius 1 is 1.41 bits per heavy atom. The molecule has 1 atom stereocenters. The summed E-state index contributed by atoms with van der Waals surface area (Å²) in [5.41, 5.74) is 1.21. The lowest BCUT2D eigenvalue weighted by Gasteiger charge is -2.19. The molecule has 1 aromatic rings. The molecule has 1 heterocycles. The summed E-state index contributed by atoms with van der Waals surface area (Å²) in [5, 5.41) is 4.22. The molecular weight excluding hydrogens is 232 g/mol. The first-order valence-electron chi connectivity index (χ1n) is 6.42. The van der Waals surface area contributed by atoms with E-state index in [4.69, 9.17) is 11.6 Å². The summed E-state index contributed by atoms with van der Waals surface area (Å²) in [7, 11) is 0. The summed E-state index contributed by atoms with van der Waals surface area (Å²) in [6.07, 6.45) is 5.82. The molecule has 0 aliphatic rings. The van der Waals surface area contributed by atoms with Crippen molar-refractivity contribution in [2.45, 2.75) is 33.6 Å². The summed E-state index contributed by atoms with van der Waals surface area (Å²) >= 11 is 6.16. The van der Waals surface area contributed by atoms with Crippen molar-refractivity contribution in [2.24, 2.45) is 11.8 Å². The Morgan fingerprint density at radius 3 is 2.76 bits per heavy atom. The van der Waals surface area contributed by atoms with Crippen molar-refractivity contribution >= 4 is 11.6 Å². The predicted molar refractivity (Wildman–Crippen MR) is 74.4 cm³/mol. The molecule has 0 amide bonds. The monoisotopic (exact) mass is 254 g/mol. The van der Waals surface area contributed by atoms with Crippen LogP contribution in [0.3, 0.4) is 0 Å². The zero-order valence-electron chi connectivity index (χ0n) is 11.0. The van der Waals surface area contributed by atoms with E-state index in [0.717, 1.165) is 30.5 Å². The first-order chi connectivity index (χ1) is 8.13. The predicted octanol–water partition coefficient (Wildman–Crippen LogP) is 3.55. The number of hydrogen-bond donors (Lipinski definition) is 1. The topological polar surface area (TPSA) is 24.9 Å². The Labute approximate surface area is 110 Å². The molecule has 1 N–H and O–H groups in total. The Kier molecular flexibility index (Phi) is 6.53. The fraction of sp³-hybridized carbons (Fsp3) is 0.643. The maximum absolute atomic E-state index is 6.16. The summed E-state index contributed by atoms with van der Waals surface area (Å²) in [5.74, 6) is 1.37. The fourth-order valence-electron chi connectivity index (χ4n) is 2.13. The van der Waals surface area contributed by atoms with E-state index in [2.05, 4.69) is 31.1 Å². The summed E-state index contributed by atoms with van der Waals surface area (Å²) in [6, 6.07) is 2.03. The SMILES string of the molecule is CCNCC(Cc1ccncc1Cl)CC(C)C. The molecule has 3 heteroatoms. The molecule has 1 unspecified atom stereocenters. The normalized spacial score (nSPS) is 13.0. The molecule has 17 heavy (non-hydrogen) atoms. The van der Waals surface area contributed by atoms with Crippen LogP contribution >= 0.6 is 11.6 Å². The summed E-state index contributed by atoms with van der Waals surface area (Å²) in [6.45, 7) is 8.78. The fourth-order valence-corrected chi connectivity index (χ4v) is 2.33. The van der Waals surface area contributed by atoms with Gasteiger partial charge >= 0.3 is 0 Å². The second-order valence-corrected chi connectivity index (χ2v) is 5.38. The molecule has 0 bridgehead atoms. The maximum atomic E-state index is 6.16. The van der Waals surface area contributed by atoms with Crippen LogP contribution in [0.15, 0.2) is 18.5 Å². The third-order valence-electron chi connectivity index (χ3n) is 2.85. The highest BCUT2D eigenvalue weighted by molar-refractivity contribution is 6.31. The first kappa shape index (κ1) is 14.5. The molecule has 0 saturated heterocycles. The maximum Gasteiger partial charge on any atom is 0.0621 e. The summed E-state index contributed by atoms with van der Waals surface area (Å²) in [4.78, 5) is 4.03. The zero-order chi connectivity index (χ0) is 12.7. The third kappa shape index (κ3) is 5.51. The highest BCUT2D eigenvalue weighted by Gasteiger charge is 2.13. The Balaban J connectivity index is 2.61. The molecule has 0 radical (unpaired) electrons. The van der Waals surface area contributed by atoms with Gasteiger partial charge in [0.15, 0.2) is 0 Å². The van der Waals surface area contributed by atoms with Gasteiger partial charge in [0.1, 0.15) is 0 Å². The second kappa shape index (κ2) is 7.67. The summed E-state index contributed by atoms with van der Waals surface area (Å²) < 4.78 is 0. The molecule has 0 aromatic carbocycles. The Bertz CT molecular complexity index is 326. The van der Waals surface area contributed by atoms with Crippen LogP contribution in [-0.4, -0.2) is 18.1 Å². The van der Waals surface area contributed by atoms with Crippen molar-refractivity contribution in [3.05, 3.63) is 29.0 Å². The number of hydrogen-bond acceptors (Lipinski definition) is 2. The van der Waals surface area contributed by atoms with E-state index in [0.29, 0.717) is 5.92 Å². The van der Waals surface area contributed by atoms with Crippen LogP contribution in [0, 0.1) is 11.8 Å². The zero-order valence-corrected chi connectivity index (χ0v) is 11.8. The molecule has 0 fully saturated rings. The standard InChI is InChI=1S/C14H23ClN2/c1-4-16-9-12(7-11(2)3)8-13-5-6-17-10-14(13)15/h5-6,10-12,16H,4,7-9H2,1-3H3.